The van der Waals surface area contributed by atoms with Gasteiger partial charge in [-0.1, -0.05) is 18.9 Å². The van der Waals surface area contributed by atoms with Crippen LogP contribution in [0.2, 0.25) is 0 Å². The highest BCUT2D eigenvalue weighted by molar-refractivity contribution is 5.76. The molecule has 2 amide bonds. The lowest BCUT2D eigenvalue weighted by atomic mass is 10.2. The molecule has 0 bridgehead atoms. The molecule has 0 radical (unpaired) electrons. The molecule has 0 aromatic carbocycles. The molecule has 1 saturated heterocycles. The van der Waals surface area contributed by atoms with Crippen molar-refractivity contribution in [1.82, 2.24) is 15.6 Å². The van der Waals surface area contributed by atoms with E-state index in [9.17, 15) is 9.59 Å². The van der Waals surface area contributed by atoms with Crippen molar-refractivity contribution in [3.8, 4) is 0 Å². The lowest BCUT2D eigenvalue weighted by molar-refractivity contribution is -0.121. The number of hydrogen-bond acceptors (Lipinski definition) is 5. The first-order valence-corrected chi connectivity index (χ1v) is 10.3. The Labute approximate surface area is 168 Å². The molecule has 2 heterocycles. The third kappa shape index (κ3) is 8.59. The summed E-state index contributed by atoms with van der Waals surface area (Å²) in [5.41, 5.74) is 0.469. The maximum atomic E-state index is 12.0. The highest BCUT2D eigenvalue weighted by atomic mass is 16.6. The van der Waals surface area contributed by atoms with Crippen molar-refractivity contribution in [2.75, 3.05) is 24.5 Å². The zero-order chi connectivity index (χ0) is 20.4. The van der Waals surface area contributed by atoms with Gasteiger partial charge in [0.2, 0.25) is 5.91 Å². The van der Waals surface area contributed by atoms with Crippen molar-refractivity contribution >= 4 is 17.8 Å². The van der Waals surface area contributed by atoms with Crippen LogP contribution >= 0.6 is 0 Å². The Morgan fingerprint density at radius 3 is 2.43 bits per heavy atom. The first-order chi connectivity index (χ1) is 13.3. The normalized spacial score (nSPS) is 14.9. The van der Waals surface area contributed by atoms with Gasteiger partial charge in [0.15, 0.2) is 0 Å². The van der Waals surface area contributed by atoms with Crippen molar-refractivity contribution in [3.05, 3.63) is 23.9 Å². The molecule has 2 rings (SSSR count). The summed E-state index contributed by atoms with van der Waals surface area (Å²) in [7, 11) is 0. The first kappa shape index (κ1) is 22.0. The van der Waals surface area contributed by atoms with E-state index in [1.165, 1.54) is 25.7 Å². The van der Waals surface area contributed by atoms with Crippen LogP contribution in [-0.2, 0) is 16.1 Å². The molecule has 156 valence electrons. The molecule has 7 nitrogen and oxygen atoms in total. The predicted molar refractivity (Wildman–Crippen MR) is 110 cm³/mol. The Morgan fingerprint density at radius 2 is 1.82 bits per heavy atom. The van der Waals surface area contributed by atoms with E-state index in [0.29, 0.717) is 25.9 Å². The van der Waals surface area contributed by atoms with Crippen LogP contribution in [0.4, 0.5) is 10.6 Å². The van der Waals surface area contributed by atoms with Crippen molar-refractivity contribution in [3.63, 3.8) is 0 Å². The molecule has 0 aliphatic carbocycles. The number of carbonyl (C=O) groups is 2. The highest BCUT2D eigenvalue weighted by Crippen LogP contribution is 2.17. The average Bonchev–Trinajstić information content (AvgIpc) is 2.92. The van der Waals surface area contributed by atoms with Gasteiger partial charge < -0.3 is 20.3 Å². The van der Waals surface area contributed by atoms with Crippen LogP contribution in [0, 0.1) is 0 Å². The van der Waals surface area contributed by atoms with Crippen molar-refractivity contribution < 1.29 is 14.3 Å². The molecule has 1 aliphatic heterocycles. The van der Waals surface area contributed by atoms with E-state index >= 15 is 0 Å². The molecule has 28 heavy (non-hydrogen) atoms. The number of nitrogens with one attached hydrogen (secondary N) is 2. The number of rotatable bonds is 7. The summed E-state index contributed by atoms with van der Waals surface area (Å²) in [5.74, 6) is 0.979. The SMILES string of the molecule is CC(C)(C)OC(=O)NCCCC(=O)NCc1ccc(N2CCCCCC2)nc1. The summed E-state index contributed by atoms with van der Waals surface area (Å²) in [6.45, 7) is 8.46. The van der Waals surface area contributed by atoms with Crippen LogP contribution in [0.5, 0.6) is 0 Å². The summed E-state index contributed by atoms with van der Waals surface area (Å²) in [4.78, 5) is 30.4. The molecule has 1 aromatic rings. The standard InChI is InChI=1S/C21H34N4O3/c1-21(2,3)28-20(27)22-12-8-9-19(26)24-16-17-10-11-18(23-15-17)25-13-6-4-5-7-14-25/h10-11,15H,4-9,12-14,16H2,1-3H3,(H,22,27)(H,24,26). The molecular weight excluding hydrogens is 356 g/mol. The number of nitrogens with zero attached hydrogens (tertiary/aromatic N) is 2. The Hall–Kier alpha value is -2.31. The Kier molecular flexibility index (Phi) is 8.54. The molecule has 1 fully saturated rings. The number of ether oxygens (including phenoxy) is 1. The second-order valence-corrected chi connectivity index (χ2v) is 8.23. The maximum absolute atomic E-state index is 12.0. The van der Waals surface area contributed by atoms with E-state index in [2.05, 4.69) is 20.5 Å². The van der Waals surface area contributed by atoms with Gasteiger partial charge in [0.05, 0.1) is 0 Å². The van der Waals surface area contributed by atoms with E-state index in [0.717, 1.165) is 24.5 Å². The van der Waals surface area contributed by atoms with E-state index < -0.39 is 11.7 Å². The minimum Gasteiger partial charge on any atom is -0.444 e. The van der Waals surface area contributed by atoms with Crippen LogP contribution in [0.1, 0.15) is 64.9 Å². The summed E-state index contributed by atoms with van der Waals surface area (Å²) in [6.07, 6.45) is 7.35. The fraction of sp³-hybridized carbons (Fsp3) is 0.667. The molecule has 0 spiro atoms. The third-order valence-corrected chi connectivity index (χ3v) is 4.48. The van der Waals surface area contributed by atoms with Gasteiger partial charge in [-0.15, -0.1) is 0 Å². The first-order valence-electron chi connectivity index (χ1n) is 10.3. The third-order valence-electron chi connectivity index (χ3n) is 4.48. The van der Waals surface area contributed by atoms with Gasteiger partial charge in [-0.3, -0.25) is 4.79 Å². The second kappa shape index (κ2) is 10.9. The number of anilines is 1. The molecular formula is C21H34N4O3. The second-order valence-electron chi connectivity index (χ2n) is 8.23. The smallest absolute Gasteiger partial charge is 0.407 e. The van der Waals surface area contributed by atoms with Crippen molar-refractivity contribution in [2.45, 2.75) is 71.4 Å². The van der Waals surface area contributed by atoms with Crippen LogP contribution in [-0.4, -0.2) is 42.2 Å². The number of aromatic nitrogens is 1. The Balaban J connectivity index is 1.63. The summed E-state index contributed by atoms with van der Waals surface area (Å²) < 4.78 is 5.15. The zero-order valence-corrected chi connectivity index (χ0v) is 17.4. The van der Waals surface area contributed by atoms with E-state index in [-0.39, 0.29) is 5.91 Å². The van der Waals surface area contributed by atoms with Crippen molar-refractivity contribution in [2.24, 2.45) is 0 Å². The van der Waals surface area contributed by atoms with Crippen LogP contribution in [0.25, 0.3) is 0 Å². The van der Waals surface area contributed by atoms with Crippen LogP contribution in [0.3, 0.4) is 0 Å². The number of pyridine rings is 1. The molecule has 0 saturated carbocycles. The fourth-order valence-corrected chi connectivity index (χ4v) is 3.05. The Morgan fingerprint density at radius 1 is 1.11 bits per heavy atom. The molecule has 0 unspecified atom stereocenters. The largest absolute Gasteiger partial charge is 0.444 e. The van der Waals surface area contributed by atoms with Gasteiger partial charge in [-0.05, 0) is 51.7 Å². The summed E-state index contributed by atoms with van der Waals surface area (Å²) >= 11 is 0. The molecule has 1 aromatic heterocycles. The van der Waals surface area contributed by atoms with E-state index in [1.54, 1.807) is 0 Å². The molecule has 7 heteroatoms. The number of carbonyl (C=O) groups excluding carboxylic acids is 2. The maximum Gasteiger partial charge on any atom is 0.407 e. The summed E-state index contributed by atoms with van der Waals surface area (Å²) in [5, 5.41) is 5.55. The van der Waals surface area contributed by atoms with Gasteiger partial charge in [0, 0.05) is 38.8 Å². The lowest BCUT2D eigenvalue weighted by Crippen LogP contribution is -2.33. The Bertz CT molecular complexity index is 618. The van der Waals surface area contributed by atoms with Gasteiger partial charge >= 0.3 is 6.09 Å². The van der Waals surface area contributed by atoms with Crippen LogP contribution < -0.4 is 15.5 Å². The summed E-state index contributed by atoms with van der Waals surface area (Å²) in [6, 6.07) is 4.06. The minimum absolute atomic E-state index is 0.0393. The van der Waals surface area contributed by atoms with Gasteiger partial charge in [-0.2, -0.15) is 0 Å². The lowest BCUT2D eigenvalue weighted by Gasteiger charge is -2.21. The van der Waals surface area contributed by atoms with Gasteiger partial charge in [0.25, 0.3) is 0 Å². The van der Waals surface area contributed by atoms with E-state index in [1.807, 2.05) is 39.1 Å². The van der Waals surface area contributed by atoms with Crippen LogP contribution in [0.15, 0.2) is 18.3 Å². The monoisotopic (exact) mass is 390 g/mol. The average molecular weight is 391 g/mol. The molecule has 0 atom stereocenters. The van der Waals surface area contributed by atoms with Crippen molar-refractivity contribution in [1.29, 1.82) is 0 Å². The molecule has 2 N–H and O–H groups in total. The highest BCUT2D eigenvalue weighted by Gasteiger charge is 2.15. The van der Waals surface area contributed by atoms with Gasteiger partial charge in [-0.25, -0.2) is 9.78 Å². The van der Waals surface area contributed by atoms with E-state index in [4.69, 9.17) is 4.74 Å². The fourth-order valence-electron chi connectivity index (χ4n) is 3.05. The minimum atomic E-state index is -0.516. The van der Waals surface area contributed by atoms with Gasteiger partial charge in [0.1, 0.15) is 11.4 Å². The quantitative estimate of drug-likeness (QED) is 0.697. The number of alkyl carbamates (subject to hydrolysis) is 1. The zero-order valence-electron chi connectivity index (χ0n) is 17.4. The number of hydrogen-bond donors (Lipinski definition) is 2. The predicted octanol–water partition coefficient (Wildman–Crippen LogP) is 3.38. The topological polar surface area (TPSA) is 83.6 Å². The number of amides is 2. The molecule has 1 aliphatic rings.